The van der Waals surface area contributed by atoms with Gasteiger partial charge in [0.25, 0.3) is 0 Å². The number of piperazine rings is 1. The molecule has 1 aromatic carbocycles. The highest BCUT2D eigenvalue weighted by Crippen LogP contribution is 2.33. The second-order valence-electron chi connectivity index (χ2n) is 8.63. The number of esters is 2. The largest absolute Gasteiger partial charge is 0.478 e. The SMILES string of the molecule is CCOC(=O)COc1ccc(N2CCN(CCC3CCNCC3)CC2)cc1OCC(=O)OCC. The summed E-state index contributed by atoms with van der Waals surface area (Å²) < 4.78 is 21.2. The molecule has 0 amide bonds. The van der Waals surface area contributed by atoms with Gasteiger partial charge in [-0.3, -0.25) is 4.90 Å². The van der Waals surface area contributed by atoms with Gasteiger partial charge in [0.15, 0.2) is 24.7 Å². The third kappa shape index (κ3) is 8.36. The van der Waals surface area contributed by atoms with Gasteiger partial charge in [-0.05, 0) is 70.8 Å². The molecule has 2 saturated heterocycles. The Bertz CT molecular complexity index is 776. The fourth-order valence-corrected chi connectivity index (χ4v) is 4.37. The van der Waals surface area contributed by atoms with E-state index in [9.17, 15) is 9.59 Å². The first-order chi connectivity index (χ1) is 16.6. The molecule has 0 saturated carbocycles. The third-order valence-electron chi connectivity index (χ3n) is 6.28. The molecule has 0 unspecified atom stereocenters. The summed E-state index contributed by atoms with van der Waals surface area (Å²) in [5.74, 6) is 0.737. The molecule has 2 aliphatic rings. The molecule has 34 heavy (non-hydrogen) atoms. The molecule has 190 valence electrons. The Hall–Kier alpha value is -2.52. The smallest absolute Gasteiger partial charge is 0.344 e. The Labute approximate surface area is 202 Å². The Balaban J connectivity index is 1.56. The molecule has 0 bridgehead atoms. The van der Waals surface area contributed by atoms with Crippen molar-refractivity contribution in [3.05, 3.63) is 18.2 Å². The van der Waals surface area contributed by atoms with Gasteiger partial charge in [-0.2, -0.15) is 0 Å². The van der Waals surface area contributed by atoms with Gasteiger partial charge in [0.1, 0.15) is 0 Å². The number of nitrogens with one attached hydrogen (secondary N) is 1. The van der Waals surface area contributed by atoms with E-state index in [1.54, 1.807) is 19.9 Å². The van der Waals surface area contributed by atoms with Crippen molar-refractivity contribution in [1.29, 1.82) is 0 Å². The zero-order chi connectivity index (χ0) is 24.2. The fraction of sp³-hybridized carbons (Fsp3) is 0.680. The van der Waals surface area contributed by atoms with Gasteiger partial charge in [0.05, 0.1) is 13.2 Å². The number of carbonyl (C=O) groups is 2. The van der Waals surface area contributed by atoms with Crippen LogP contribution in [0.1, 0.15) is 33.1 Å². The molecule has 9 heteroatoms. The lowest BCUT2D eigenvalue weighted by Gasteiger charge is -2.37. The maximum absolute atomic E-state index is 11.8. The molecule has 2 fully saturated rings. The molecule has 0 aliphatic carbocycles. The van der Waals surface area contributed by atoms with Crippen LogP contribution in [0.15, 0.2) is 18.2 Å². The zero-order valence-corrected chi connectivity index (χ0v) is 20.6. The second-order valence-corrected chi connectivity index (χ2v) is 8.63. The molecule has 3 rings (SSSR count). The summed E-state index contributed by atoms with van der Waals surface area (Å²) in [6, 6.07) is 5.60. The standard InChI is InChI=1S/C25H39N3O6/c1-3-31-24(29)18-33-22-6-5-21(17-23(22)34-19-25(30)32-4-2)28-15-13-27(14-16-28)12-9-20-7-10-26-11-8-20/h5-6,17,20,26H,3-4,7-16,18-19H2,1-2H3. The van der Waals surface area contributed by atoms with Crippen LogP contribution in [0, 0.1) is 5.92 Å². The average Bonchev–Trinajstić information content (AvgIpc) is 2.86. The highest BCUT2D eigenvalue weighted by molar-refractivity contribution is 5.72. The summed E-state index contributed by atoms with van der Waals surface area (Å²) in [6.45, 7) is 11.0. The number of piperidine rings is 1. The number of benzene rings is 1. The lowest BCUT2D eigenvalue weighted by Crippen LogP contribution is -2.47. The number of anilines is 1. The van der Waals surface area contributed by atoms with Crippen molar-refractivity contribution in [2.24, 2.45) is 5.92 Å². The maximum Gasteiger partial charge on any atom is 0.344 e. The van der Waals surface area contributed by atoms with Gasteiger partial charge in [-0.25, -0.2) is 9.59 Å². The molecule has 2 aliphatic heterocycles. The molecular weight excluding hydrogens is 438 g/mol. The first kappa shape index (κ1) is 26.1. The first-order valence-corrected chi connectivity index (χ1v) is 12.5. The van der Waals surface area contributed by atoms with E-state index in [2.05, 4.69) is 15.1 Å². The predicted molar refractivity (Wildman–Crippen MR) is 130 cm³/mol. The summed E-state index contributed by atoms with van der Waals surface area (Å²) in [4.78, 5) is 28.4. The molecule has 1 aromatic rings. The lowest BCUT2D eigenvalue weighted by atomic mass is 9.94. The first-order valence-electron chi connectivity index (χ1n) is 12.5. The van der Waals surface area contributed by atoms with Crippen LogP contribution in [-0.2, 0) is 19.1 Å². The quantitative estimate of drug-likeness (QED) is 0.455. The van der Waals surface area contributed by atoms with E-state index < -0.39 is 11.9 Å². The highest BCUT2D eigenvalue weighted by atomic mass is 16.6. The van der Waals surface area contributed by atoms with Crippen molar-refractivity contribution >= 4 is 17.6 Å². The minimum atomic E-state index is -0.455. The minimum absolute atomic E-state index is 0.224. The minimum Gasteiger partial charge on any atom is -0.478 e. The van der Waals surface area contributed by atoms with Gasteiger partial charge >= 0.3 is 11.9 Å². The van der Waals surface area contributed by atoms with Gasteiger partial charge in [0, 0.05) is 37.9 Å². The van der Waals surface area contributed by atoms with Crippen molar-refractivity contribution in [3.63, 3.8) is 0 Å². The number of rotatable bonds is 12. The van der Waals surface area contributed by atoms with Gasteiger partial charge in [-0.1, -0.05) is 0 Å². The van der Waals surface area contributed by atoms with Crippen LogP contribution >= 0.6 is 0 Å². The van der Waals surface area contributed by atoms with E-state index in [-0.39, 0.29) is 26.4 Å². The predicted octanol–water partition coefficient (Wildman–Crippen LogP) is 2.08. The number of nitrogens with zero attached hydrogens (tertiary/aromatic N) is 2. The summed E-state index contributed by atoms with van der Waals surface area (Å²) >= 11 is 0. The summed E-state index contributed by atoms with van der Waals surface area (Å²) in [5.41, 5.74) is 1.00. The van der Waals surface area contributed by atoms with E-state index in [4.69, 9.17) is 18.9 Å². The van der Waals surface area contributed by atoms with Gasteiger partial charge in [-0.15, -0.1) is 0 Å². The number of carbonyl (C=O) groups excluding carboxylic acids is 2. The van der Waals surface area contributed by atoms with Crippen molar-refractivity contribution in [2.75, 3.05) is 77.1 Å². The van der Waals surface area contributed by atoms with Crippen molar-refractivity contribution in [2.45, 2.75) is 33.1 Å². The van der Waals surface area contributed by atoms with Crippen molar-refractivity contribution in [3.8, 4) is 11.5 Å². The highest BCUT2D eigenvalue weighted by Gasteiger charge is 2.21. The summed E-state index contributed by atoms with van der Waals surface area (Å²) in [6.07, 6.45) is 3.86. The Morgan fingerprint density at radius 3 is 2.15 bits per heavy atom. The zero-order valence-electron chi connectivity index (χ0n) is 20.6. The van der Waals surface area contributed by atoms with Crippen LogP contribution in [0.2, 0.25) is 0 Å². The van der Waals surface area contributed by atoms with E-state index in [0.717, 1.165) is 57.4 Å². The van der Waals surface area contributed by atoms with Gasteiger partial charge < -0.3 is 29.2 Å². The third-order valence-corrected chi connectivity index (χ3v) is 6.28. The number of hydrogen-bond donors (Lipinski definition) is 1. The molecule has 9 nitrogen and oxygen atoms in total. The topological polar surface area (TPSA) is 89.6 Å². The van der Waals surface area contributed by atoms with Crippen molar-refractivity contribution in [1.82, 2.24) is 10.2 Å². The van der Waals surface area contributed by atoms with Crippen LogP contribution in [-0.4, -0.2) is 89.1 Å². The Morgan fingerprint density at radius 2 is 1.53 bits per heavy atom. The molecule has 0 aromatic heterocycles. The van der Waals surface area contributed by atoms with E-state index >= 15 is 0 Å². The van der Waals surface area contributed by atoms with Crippen LogP contribution in [0.3, 0.4) is 0 Å². The number of ether oxygens (including phenoxy) is 4. The summed E-state index contributed by atoms with van der Waals surface area (Å²) in [5, 5.41) is 3.44. The van der Waals surface area contributed by atoms with Crippen molar-refractivity contribution < 1.29 is 28.5 Å². The van der Waals surface area contributed by atoms with E-state index in [1.165, 1.54) is 19.3 Å². The molecular formula is C25H39N3O6. The van der Waals surface area contributed by atoms with Crippen LogP contribution in [0.25, 0.3) is 0 Å². The fourth-order valence-electron chi connectivity index (χ4n) is 4.37. The van der Waals surface area contributed by atoms with E-state index in [0.29, 0.717) is 11.5 Å². The van der Waals surface area contributed by atoms with Gasteiger partial charge in [0.2, 0.25) is 0 Å². The lowest BCUT2D eigenvalue weighted by molar-refractivity contribution is -0.146. The van der Waals surface area contributed by atoms with Crippen LogP contribution in [0.5, 0.6) is 11.5 Å². The van der Waals surface area contributed by atoms with E-state index in [1.807, 2.05) is 12.1 Å². The molecule has 0 radical (unpaired) electrons. The maximum atomic E-state index is 11.8. The summed E-state index contributed by atoms with van der Waals surface area (Å²) in [7, 11) is 0. The van der Waals surface area contributed by atoms with Crippen LogP contribution < -0.4 is 19.7 Å². The second kappa shape index (κ2) is 14.0. The normalized spacial score (nSPS) is 17.3. The Kier molecular flexibility index (Phi) is 10.8. The number of hydrogen-bond acceptors (Lipinski definition) is 9. The van der Waals surface area contributed by atoms with Crippen LogP contribution in [0.4, 0.5) is 5.69 Å². The molecule has 0 atom stereocenters. The molecule has 0 spiro atoms. The average molecular weight is 478 g/mol. The Morgan fingerprint density at radius 1 is 0.912 bits per heavy atom. The monoisotopic (exact) mass is 477 g/mol. The molecule has 2 heterocycles. The molecule has 1 N–H and O–H groups in total.